The molecule has 0 aliphatic heterocycles. The molecule has 0 saturated heterocycles. The highest BCUT2D eigenvalue weighted by molar-refractivity contribution is 5.92. The summed E-state index contributed by atoms with van der Waals surface area (Å²) < 4.78 is 0. The molecule has 336 valence electrons. The van der Waals surface area contributed by atoms with Crippen molar-refractivity contribution in [2.45, 2.75) is 111 Å². The van der Waals surface area contributed by atoms with Crippen molar-refractivity contribution >= 4 is 66.9 Å². The molecule has 4 aromatic carbocycles. The average molecular weight is 869 g/mol. The maximum absolute atomic E-state index is 4.26. The highest BCUT2D eigenvalue weighted by Gasteiger charge is 2.18. The zero-order chi connectivity index (χ0) is 46.8. The van der Waals surface area contributed by atoms with Crippen LogP contribution in [-0.4, -0.2) is 87.8 Å². The molecule has 0 spiro atoms. The lowest BCUT2D eigenvalue weighted by atomic mass is 10.0. The zero-order valence-electron chi connectivity index (χ0n) is 40.0. The summed E-state index contributed by atoms with van der Waals surface area (Å²) in [7, 11) is 0. The molecule has 20 heteroatoms. The third-order valence-electron chi connectivity index (χ3n) is 11.5. The van der Waals surface area contributed by atoms with E-state index in [1.54, 1.807) is 0 Å². The fraction of sp³-hybridized carbons (Fsp3) is 0.455. The van der Waals surface area contributed by atoms with Crippen LogP contribution in [0.1, 0.15) is 94.5 Å². The first kappa shape index (κ1) is 47.9. The van der Waals surface area contributed by atoms with Gasteiger partial charge in [-0.15, -0.1) is 0 Å². The number of aromatic nitrogens is 12. The van der Waals surface area contributed by atoms with Crippen LogP contribution in [-0.2, 0) is 0 Å². The fourth-order valence-electron chi connectivity index (χ4n) is 7.06. The number of aromatic amines is 4. The Hall–Kier alpha value is -7.12. The predicted molar refractivity (Wildman–Crippen MR) is 253 cm³/mol. The summed E-state index contributed by atoms with van der Waals surface area (Å²) in [5, 5.41) is 77.0. The fourth-order valence-corrected chi connectivity index (χ4v) is 7.06. The molecule has 8 rings (SSSR count). The zero-order valence-corrected chi connectivity index (χ0v) is 40.0. The van der Waals surface area contributed by atoms with Gasteiger partial charge < -0.3 is 0 Å². The topological polar surface area (TPSA) is 265 Å². The van der Waals surface area contributed by atoms with Gasteiger partial charge in [-0.2, -0.15) is 103 Å². The van der Waals surface area contributed by atoms with Gasteiger partial charge in [-0.05, 0) is 166 Å². The van der Waals surface area contributed by atoms with E-state index in [0.717, 1.165) is 123 Å². The van der Waals surface area contributed by atoms with Gasteiger partial charge in [0.25, 0.3) is 0 Å². The lowest BCUT2D eigenvalue weighted by Crippen LogP contribution is -1.90. The minimum Gasteiger partial charge on any atom is -0.197 e. The predicted octanol–water partition coefficient (Wildman–Crippen LogP) is 11.9. The van der Waals surface area contributed by atoms with Crippen molar-refractivity contribution < 1.29 is 0 Å². The number of H-pyrrole nitrogens is 4. The van der Waals surface area contributed by atoms with Gasteiger partial charge in [-0.25, -0.2) is 0 Å². The average Bonchev–Trinajstić information content (AvgIpc) is 4.15. The normalized spacial score (nSPS) is 11.8. The van der Waals surface area contributed by atoms with Crippen LogP contribution in [0.25, 0.3) is 44.1 Å². The van der Waals surface area contributed by atoms with Gasteiger partial charge in [0.1, 0.15) is 55.5 Å². The van der Waals surface area contributed by atoms with E-state index in [0.29, 0.717) is 26.2 Å². The molecule has 0 atom stereocenters. The van der Waals surface area contributed by atoms with Gasteiger partial charge in [0.05, 0.1) is 37.6 Å². The highest BCUT2D eigenvalue weighted by Crippen LogP contribution is 2.36. The lowest BCUT2D eigenvalue weighted by molar-refractivity contribution is 0.956. The van der Waals surface area contributed by atoms with E-state index in [4.69, 9.17) is 0 Å². The molecule has 4 N–H and O–H groups in total. The van der Waals surface area contributed by atoms with Crippen LogP contribution in [0, 0.1) is 83.1 Å². The van der Waals surface area contributed by atoms with Gasteiger partial charge in [0.2, 0.25) is 0 Å². The van der Waals surface area contributed by atoms with E-state index in [1.165, 1.54) is 11.1 Å². The van der Waals surface area contributed by atoms with Crippen molar-refractivity contribution in [3.05, 3.63) is 66.8 Å². The van der Waals surface area contributed by atoms with Crippen molar-refractivity contribution in [2.75, 3.05) is 26.2 Å². The quantitative estimate of drug-likeness (QED) is 0.106. The molecule has 4 heterocycles. The van der Waals surface area contributed by atoms with Crippen molar-refractivity contribution in [3.8, 4) is 0 Å². The van der Waals surface area contributed by atoms with Crippen LogP contribution in [0.15, 0.2) is 40.9 Å². The van der Waals surface area contributed by atoms with E-state index in [1.807, 2.05) is 96.9 Å². The second-order valence-corrected chi connectivity index (χ2v) is 15.2. The number of fused-ring (bicyclic) bond motifs is 4. The van der Waals surface area contributed by atoms with Crippen LogP contribution in [0.5, 0.6) is 0 Å². The Morgan fingerprint density at radius 2 is 0.453 bits per heavy atom. The van der Waals surface area contributed by atoms with Crippen LogP contribution < -0.4 is 0 Å². The van der Waals surface area contributed by atoms with Crippen LogP contribution in [0.3, 0.4) is 0 Å². The molecule has 64 heavy (non-hydrogen) atoms. The number of azo groups is 4. The number of aryl methyl sites for hydroxylation is 6. The monoisotopic (exact) mass is 869 g/mol. The SMILES string of the molecule is CCN=Nc1c(C)c(C)c(C)c2n[nH]nc12.CCN=Nc1c(C)c(C)c(C)c2n[nH]nc12.CCN=Nc1c(C)c(C)c2n[nH]nc2c1C.CCN=Nc1c(C)c(C)c2n[nH]nc2c1C. The van der Waals surface area contributed by atoms with Crippen molar-refractivity contribution in [1.29, 1.82) is 0 Å². The first-order valence-corrected chi connectivity index (χ1v) is 21.4. The summed E-state index contributed by atoms with van der Waals surface area (Å²) in [5.41, 5.74) is 23.9. The largest absolute Gasteiger partial charge is 0.197 e. The second-order valence-electron chi connectivity index (χ2n) is 15.2. The molecule has 0 bridgehead atoms. The number of hydrogen-bond acceptors (Lipinski definition) is 16. The standard InChI is InChI=1S/4C11H15N5/c2*1-5-12-13-9-6(2)7(3)10-11(8(9)4)15-16-14-10;2*1-5-12-13-9-7(3)6(2)8(4)10-11(9)15-16-14-10/h4*5H2,1-4H3,(H,14,15,16). The summed E-state index contributed by atoms with van der Waals surface area (Å²) in [6, 6.07) is 0. The number of benzene rings is 4. The van der Waals surface area contributed by atoms with Crippen LogP contribution in [0.2, 0.25) is 0 Å². The maximum atomic E-state index is 4.26. The van der Waals surface area contributed by atoms with Gasteiger partial charge in [-0.1, -0.05) is 0 Å². The summed E-state index contributed by atoms with van der Waals surface area (Å²) in [4.78, 5) is 0. The highest BCUT2D eigenvalue weighted by atomic mass is 15.3. The molecular weight excluding hydrogens is 809 g/mol. The Morgan fingerprint density at radius 1 is 0.250 bits per heavy atom. The Morgan fingerprint density at radius 3 is 0.734 bits per heavy atom. The molecule has 20 nitrogen and oxygen atoms in total. The molecule has 8 aromatic rings. The molecule has 0 aliphatic carbocycles. The van der Waals surface area contributed by atoms with E-state index in [2.05, 4.69) is 116 Å². The van der Waals surface area contributed by atoms with Gasteiger partial charge in [0.15, 0.2) is 0 Å². The third kappa shape index (κ3) is 9.59. The first-order chi connectivity index (χ1) is 30.7. The van der Waals surface area contributed by atoms with E-state index < -0.39 is 0 Å². The molecular formula is C44H60N20. The lowest BCUT2D eigenvalue weighted by Gasteiger charge is -2.07. The van der Waals surface area contributed by atoms with Crippen LogP contribution >= 0.6 is 0 Å². The van der Waals surface area contributed by atoms with Crippen molar-refractivity contribution in [2.24, 2.45) is 40.9 Å². The van der Waals surface area contributed by atoms with E-state index >= 15 is 0 Å². The number of rotatable bonds is 8. The minimum atomic E-state index is 0.672. The first-order valence-electron chi connectivity index (χ1n) is 21.4. The molecule has 0 radical (unpaired) electrons. The molecule has 0 aliphatic rings. The Kier molecular flexibility index (Phi) is 16.0. The summed E-state index contributed by atoms with van der Waals surface area (Å²) in [6.07, 6.45) is 0. The molecule has 0 fully saturated rings. The molecule has 4 aromatic heterocycles. The van der Waals surface area contributed by atoms with Gasteiger partial charge in [-0.3, -0.25) is 0 Å². The van der Waals surface area contributed by atoms with Crippen molar-refractivity contribution in [3.63, 3.8) is 0 Å². The third-order valence-corrected chi connectivity index (χ3v) is 11.5. The van der Waals surface area contributed by atoms with Gasteiger partial charge >= 0.3 is 0 Å². The molecule has 0 saturated carbocycles. The molecule has 0 amide bonds. The summed E-state index contributed by atoms with van der Waals surface area (Å²) >= 11 is 0. The number of nitrogens with one attached hydrogen (secondary N) is 4. The number of hydrogen-bond donors (Lipinski definition) is 4. The maximum Gasteiger partial charge on any atom is 0.141 e. The van der Waals surface area contributed by atoms with Crippen LogP contribution in [0.4, 0.5) is 22.7 Å². The number of nitrogens with zero attached hydrogens (tertiary/aromatic N) is 16. The second kappa shape index (κ2) is 21.3. The Labute approximate surface area is 372 Å². The molecule has 0 unspecified atom stereocenters. The van der Waals surface area contributed by atoms with Gasteiger partial charge in [0, 0.05) is 11.1 Å². The minimum absolute atomic E-state index is 0.672. The van der Waals surface area contributed by atoms with Crippen molar-refractivity contribution in [1.82, 2.24) is 61.6 Å². The smallest absolute Gasteiger partial charge is 0.141 e. The Balaban J connectivity index is 0.000000161. The van der Waals surface area contributed by atoms with E-state index in [-0.39, 0.29) is 0 Å². The summed E-state index contributed by atoms with van der Waals surface area (Å²) in [5.74, 6) is 0. The van der Waals surface area contributed by atoms with E-state index in [9.17, 15) is 0 Å². The summed E-state index contributed by atoms with van der Waals surface area (Å²) in [6.45, 7) is 35.1. The Bertz CT molecular complexity index is 2820.